The number of fused-ring (bicyclic) bond motifs is 1. The van der Waals surface area contributed by atoms with Crippen LogP contribution in [-0.2, 0) is 19.9 Å². The molecule has 0 unspecified atom stereocenters. The number of nitrogens with zero attached hydrogens (tertiary/aromatic N) is 2. The number of hydrogen-bond acceptors (Lipinski definition) is 4. The minimum Gasteiger partial charge on any atom is -0.345 e. The summed E-state index contributed by atoms with van der Waals surface area (Å²) in [5.41, 5.74) is 7.53. The molecule has 0 fully saturated rings. The van der Waals surface area contributed by atoms with Crippen molar-refractivity contribution in [1.29, 1.82) is 0 Å². The summed E-state index contributed by atoms with van der Waals surface area (Å²) in [5.74, 6) is -0.199. The summed E-state index contributed by atoms with van der Waals surface area (Å²) in [6, 6.07) is 1.85. The second kappa shape index (κ2) is 6.36. The molecule has 1 aliphatic rings. The van der Waals surface area contributed by atoms with E-state index in [1.54, 1.807) is 23.9 Å². The SMILES string of the molecule is Cl.Cn1cc(Cl)cc1C(=O)Nc1nc2c(s1)C[C@@H](N)CC2. The minimum absolute atomic E-state index is 0. The Labute approximate surface area is 137 Å². The van der Waals surface area contributed by atoms with E-state index in [0.717, 1.165) is 25.0 Å². The van der Waals surface area contributed by atoms with E-state index >= 15 is 0 Å². The third-order valence-corrected chi connectivity index (χ3v) is 4.64. The highest BCUT2D eigenvalue weighted by atomic mass is 35.5. The molecule has 1 atom stereocenters. The van der Waals surface area contributed by atoms with Gasteiger partial charge in [-0.2, -0.15) is 0 Å². The second-order valence-electron chi connectivity index (χ2n) is 5.00. The van der Waals surface area contributed by atoms with Crippen LogP contribution in [0.1, 0.15) is 27.5 Å². The molecule has 2 aromatic rings. The Morgan fingerprint density at radius 2 is 2.38 bits per heavy atom. The molecule has 2 aromatic heterocycles. The molecule has 0 spiro atoms. The molecule has 1 amide bonds. The number of nitrogens with one attached hydrogen (secondary N) is 1. The van der Waals surface area contributed by atoms with Crippen LogP contribution in [0.25, 0.3) is 0 Å². The molecule has 2 heterocycles. The van der Waals surface area contributed by atoms with Crippen molar-refractivity contribution in [3.63, 3.8) is 0 Å². The Hall–Kier alpha value is -1.08. The number of rotatable bonds is 2. The van der Waals surface area contributed by atoms with Gasteiger partial charge in [0.15, 0.2) is 5.13 Å². The number of amides is 1. The zero-order valence-corrected chi connectivity index (χ0v) is 13.8. The maximum absolute atomic E-state index is 12.2. The van der Waals surface area contributed by atoms with E-state index in [4.69, 9.17) is 17.3 Å². The summed E-state index contributed by atoms with van der Waals surface area (Å²) < 4.78 is 1.70. The lowest BCUT2D eigenvalue weighted by molar-refractivity contribution is 0.101. The van der Waals surface area contributed by atoms with Gasteiger partial charge in [0.25, 0.3) is 5.91 Å². The van der Waals surface area contributed by atoms with E-state index in [1.165, 1.54) is 16.2 Å². The van der Waals surface area contributed by atoms with Gasteiger partial charge in [-0.3, -0.25) is 10.1 Å². The number of carbonyl (C=O) groups is 1. The van der Waals surface area contributed by atoms with Crippen molar-refractivity contribution in [2.24, 2.45) is 12.8 Å². The average molecular weight is 347 g/mol. The van der Waals surface area contributed by atoms with E-state index in [-0.39, 0.29) is 24.4 Å². The number of halogens is 2. The smallest absolute Gasteiger partial charge is 0.274 e. The lowest BCUT2D eigenvalue weighted by Crippen LogP contribution is -2.27. The summed E-state index contributed by atoms with van der Waals surface area (Å²) in [5, 5.41) is 4.01. The standard InChI is InChI=1S/C13H15ClN4OS.ClH/c1-18-6-7(14)4-10(18)12(19)17-13-16-9-3-2-8(15)5-11(9)20-13;/h4,6,8H,2-3,5,15H2,1H3,(H,16,17,19);1H/t8-;/m0./s1. The first-order valence-corrected chi connectivity index (χ1v) is 7.60. The maximum atomic E-state index is 12.2. The Morgan fingerprint density at radius 3 is 3.05 bits per heavy atom. The molecule has 0 saturated heterocycles. The largest absolute Gasteiger partial charge is 0.345 e. The maximum Gasteiger partial charge on any atom is 0.274 e. The number of nitrogens with two attached hydrogens (primary N) is 1. The Bertz CT molecular complexity index is 667. The molecule has 8 heteroatoms. The highest BCUT2D eigenvalue weighted by Crippen LogP contribution is 2.29. The average Bonchev–Trinajstić information content (AvgIpc) is 2.91. The fourth-order valence-electron chi connectivity index (χ4n) is 2.37. The van der Waals surface area contributed by atoms with Crippen molar-refractivity contribution in [1.82, 2.24) is 9.55 Å². The van der Waals surface area contributed by atoms with Gasteiger partial charge in [0.2, 0.25) is 0 Å². The van der Waals surface area contributed by atoms with Crippen molar-refractivity contribution in [3.05, 3.63) is 33.6 Å². The van der Waals surface area contributed by atoms with Crippen LogP contribution in [0, 0.1) is 0 Å². The minimum atomic E-state index is -0.199. The van der Waals surface area contributed by atoms with Crippen LogP contribution < -0.4 is 11.1 Å². The zero-order chi connectivity index (χ0) is 14.3. The molecule has 0 bridgehead atoms. The molecule has 5 nitrogen and oxygen atoms in total. The van der Waals surface area contributed by atoms with Crippen LogP contribution in [-0.4, -0.2) is 21.5 Å². The highest BCUT2D eigenvalue weighted by molar-refractivity contribution is 7.15. The van der Waals surface area contributed by atoms with Crippen LogP contribution in [0.3, 0.4) is 0 Å². The zero-order valence-electron chi connectivity index (χ0n) is 11.4. The second-order valence-corrected chi connectivity index (χ2v) is 6.52. The van der Waals surface area contributed by atoms with E-state index in [9.17, 15) is 4.79 Å². The van der Waals surface area contributed by atoms with Crippen LogP contribution >= 0.6 is 35.3 Å². The van der Waals surface area contributed by atoms with Crippen LogP contribution in [0.5, 0.6) is 0 Å². The molecule has 21 heavy (non-hydrogen) atoms. The number of aryl methyl sites for hydroxylation is 2. The number of aromatic nitrogens is 2. The third-order valence-electron chi connectivity index (χ3n) is 3.40. The van der Waals surface area contributed by atoms with E-state index in [0.29, 0.717) is 15.8 Å². The Morgan fingerprint density at radius 1 is 1.62 bits per heavy atom. The van der Waals surface area contributed by atoms with Gasteiger partial charge >= 0.3 is 0 Å². The molecule has 0 saturated carbocycles. The highest BCUT2D eigenvalue weighted by Gasteiger charge is 2.21. The molecule has 0 radical (unpaired) electrons. The number of hydrogen-bond donors (Lipinski definition) is 2. The van der Waals surface area contributed by atoms with Crippen molar-refractivity contribution in [3.8, 4) is 0 Å². The van der Waals surface area contributed by atoms with E-state index in [1.807, 2.05) is 0 Å². The lowest BCUT2D eigenvalue weighted by Gasteiger charge is -2.15. The number of carbonyl (C=O) groups excluding carboxylic acids is 1. The van der Waals surface area contributed by atoms with E-state index in [2.05, 4.69) is 10.3 Å². The third kappa shape index (κ3) is 3.40. The molecule has 0 aliphatic heterocycles. The fourth-order valence-corrected chi connectivity index (χ4v) is 3.71. The van der Waals surface area contributed by atoms with Crippen molar-refractivity contribution >= 4 is 46.4 Å². The van der Waals surface area contributed by atoms with Gasteiger partial charge in [0.1, 0.15) is 5.69 Å². The predicted molar refractivity (Wildman–Crippen MR) is 87.7 cm³/mol. The first-order valence-electron chi connectivity index (χ1n) is 6.40. The first kappa shape index (κ1) is 16.3. The molecule has 3 N–H and O–H groups in total. The summed E-state index contributed by atoms with van der Waals surface area (Å²) in [4.78, 5) is 17.8. The van der Waals surface area contributed by atoms with Crippen LogP contribution in [0.2, 0.25) is 5.02 Å². The lowest BCUT2D eigenvalue weighted by atomic mass is 9.99. The summed E-state index contributed by atoms with van der Waals surface area (Å²) in [6.45, 7) is 0. The van der Waals surface area contributed by atoms with Gasteiger partial charge < -0.3 is 10.3 Å². The summed E-state index contributed by atoms with van der Waals surface area (Å²) in [6.07, 6.45) is 4.39. The molecule has 1 aliphatic carbocycles. The number of anilines is 1. The normalized spacial score (nSPS) is 17.0. The van der Waals surface area contributed by atoms with Gasteiger partial charge in [-0.1, -0.05) is 11.6 Å². The van der Waals surface area contributed by atoms with Crippen LogP contribution in [0.15, 0.2) is 12.3 Å². The number of thiazole rings is 1. The van der Waals surface area contributed by atoms with E-state index < -0.39 is 0 Å². The molecule has 114 valence electrons. The molecular formula is C13H16Cl2N4OS. The van der Waals surface area contributed by atoms with Crippen LogP contribution in [0.4, 0.5) is 5.13 Å². The van der Waals surface area contributed by atoms with Gasteiger partial charge in [0.05, 0.1) is 10.7 Å². The van der Waals surface area contributed by atoms with Gasteiger partial charge in [0, 0.05) is 24.2 Å². The molecule has 3 rings (SSSR count). The predicted octanol–water partition coefficient (Wildman–Crippen LogP) is 2.63. The summed E-state index contributed by atoms with van der Waals surface area (Å²) >= 11 is 7.39. The van der Waals surface area contributed by atoms with Crippen molar-refractivity contribution < 1.29 is 4.79 Å². The van der Waals surface area contributed by atoms with Gasteiger partial charge in [-0.25, -0.2) is 4.98 Å². The van der Waals surface area contributed by atoms with Crippen molar-refractivity contribution in [2.75, 3.05) is 5.32 Å². The quantitative estimate of drug-likeness (QED) is 0.877. The monoisotopic (exact) mass is 346 g/mol. The molecule has 0 aromatic carbocycles. The van der Waals surface area contributed by atoms with Gasteiger partial charge in [-0.15, -0.1) is 23.7 Å². The fraction of sp³-hybridized carbons (Fsp3) is 0.385. The van der Waals surface area contributed by atoms with Gasteiger partial charge in [-0.05, 0) is 25.3 Å². The first-order chi connectivity index (χ1) is 9.52. The van der Waals surface area contributed by atoms with Crippen molar-refractivity contribution in [2.45, 2.75) is 25.3 Å². The Balaban J connectivity index is 0.00000161. The Kier molecular flexibility index (Phi) is 4.93. The molecular weight excluding hydrogens is 331 g/mol. The topological polar surface area (TPSA) is 72.9 Å². The summed E-state index contributed by atoms with van der Waals surface area (Å²) in [7, 11) is 1.78.